The average molecular weight is 439 g/mol. The highest BCUT2D eigenvalue weighted by Gasteiger charge is 2.31. The zero-order chi connectivity index (χ0) is 21.2. The van der Waals surface area contributed by atoms with Gasteiger partial charge >= 0.3 is 6.18 Å². The minimum Gasteiger partial charge on any atom is -0.507 e. The number of rotatable bonds is 5. The maximum absolute atomic E-state index is 13.3. The summed E-state index contributed by atoms with van der Waals surface area (Å²) in [6, 6.07) is 9.20. The van der Waals surface area contributed by atoms with Crippen molar-refractivity contribution in [1.82, 2.24) is 4.98 Å². The first kappa shape index (κ1) is 21.1. The molecule has 9 heteroatoms. The van der Waals surface area contributed by atoms with Gasteiger partial charge in [0.05, 0.1) is 16.5 Å². The van der Waals surface area contributed by atoms with E-state index in [2.05, 4.69) is 4.98 Å². The number of phenols is 1. The van der Waals surface area contributed by atoms with E-state index in [0.717, 1.165) is 23.9 Å². The molecule has 4 nitrogen and oxygen atoms in total. The highest BCUT2D eigenvalue weighted by atomic mass is 35.5. The number of hydrogen-bond acceptors (Lipinski definition) is 4. The van der Waals surface area contributed by atoms with E-state index in [4.69, 9.17) is 16.9 Å². The van der Waals surface area contributed by atoms with Crippen LogP contribution in [-0.4, -0.2) is 15.8 Å². The van der Waals surface area contributed by atoms with Gasteiger partial charge < -0.3 is 10.1 Å². The van der Waals surface area contributed by atoms with Crippen LogP contribution in [0, 0.1) is 11.3 Å². The second-order valence-corrected chi connectivity index (χ2v) is 7.73. The van der Waals surface area contributed by atoms with E-state index in [0.29, 0.717) is 12.2 Å². The lowest BCUT2D eigenvalue weighted by Gasteiger charge is -2.15. The third kappa shape index (κ3) is 4.52. The maximum atomic E-state index is 13.3. The van der Waals surface area contributed by atoms with Crippen molar-refractivity contribution >= 4 is 34.3 Å². The molecule has 0 fully saturated rings. The smallest absolute Gasteiger partial charge is 0.416 e. The second-order valence-electron chi connectivity index (χ2n) is 6.19. The third-order valence-corrected chi connectivity index (χ3v) is 5.61. The van der Waals surface area contributed by atoms with Crippen molar-refractivity contribution in [2.24, 2.45) is 0 Å². The van der Waals surface area contributed by atoms with Crippen LogP contribution in [0.2, 0.25) is 5.02 Å². The van der Waals surface area contributed by atoms with Gasteiger partial charge in [0.1, 0.15) is 5.75 Å². The number of thioether (sulfide) groups is 1. The van der Waals surface area contributed by atoms with Crippen molar-refractivity contribution in [2.45, 2.75) is 23.9 Å². The largest absolute Gasteiger partial charge is 0.507 e. The highest BCUT2D eigenvalue weighted by molar-refractivity contribution is 7.99. The molecule has 2 aromatic carbocycles. The summed E-state index contributed by atoms with van der Waals surface area (Å²) < 4.78 is 39.8. The number of phenolic OH excluding ortho intramolecular Hbond substituents is 1. The molecule has 0 spiro atoms. The molecular weight excluding hydrogens is 425 g/mol. The summed E-state index contributed by atoms with van der Waals surface area (Å²) in [6.45, 7) is 0. The van der Waals surface area contributed by atoms with Crippen LogP contribution >= 0.6 is 23.4 Å². The van der Waals surface area contributed by atoms with E-state index in [1.807, 2.05) is 6.07 Å². The number of nitriles is 1. The number of fused-ring (bicyclic) bond motifs is 1. The van der Waals surface area contributed by atoms with E-state index in [-0.39, 0.29) is 44.1 Å². The van der Waals surface area contributed by atoms with Gasteiger partial charge in [-0.25, -0.2) is 0 Å². The quantitative estimate of drug-likeness (QED) is 0.380. The Kier molecular flexibility index (Phi) is 6.10. The van der Waals surface area contributed by atoms with Crippen LogP contribution in [0.25, 0.3) is 22.0 Å². The van der Waals surface area contributed by atoms with Crippen molar-refractivity contribution in [3.63, 3.8) is 0 Å². The number of aromatic hydroxyl groups is 1. The second kappa shape index (κ2) is 8.39. The lowest BCUT2D eigenvalue weighted by molar-refractivity contribution is -0.137. The summed E-state index contributed by atoms with van der Waals surface area (Å²) in [7, 11) is 0. The Labute approximate surface area is 172 Å². The number of unbranched alkanes of at least 4 members (excludes halogenated alkanes) is 1. The SMILES string of the molecule is N#CCCCSc1c(-c2cc(Cl)ccc2O)c2cc(C(F)(F)F)ccc2[nH]c1=O. The number of H-pyrrole nitrogens is 1. The Bertz CT molecular complexity index is 1170. The molecule has 0 unspecified atom stereocenters. The number of alkyl halides is 3. The monoisotopic (exact) mass is 438 g/mol. The molecule has 1 aromatic heterocycles. The molecule has 2 N–H and O–H groups in total. The van der Waals surface area contributed by atoms with Crippen LogP contribution in [0.1, 0.15) is 18.4 Å². The van der Waals surface area contributed by atoms with E-state index in [9.17, 15) is 23.1 Å². The molecule has 0 atom stereocenters. The third-order valence-electron chi connectivity index (χ3n) is 4.20. The fraction of sp³-hybridized carbons (Fsp3) is 0.200. The topological polar surface area (TPSA) is 76.9 Å². The predicted octanol–water partition coefficient (Wildman–Crippen LogP) is 5.97. The lowest BCUT2D eigenvalue weighted by Crippen LogP contribution is -2.12. The van der Waals surface area contributed by atoms with Gasteiger partial charge in [0.15, 0.2) is 0 Å². The molecule has 0 aliphatic rings. The Morgan fingerprint density at radius 1 is 1.21 bits per heavy atom. The Balaban J connectivity index is 2.32. The first-order chi connectivity index (χ1) is 13.7. The number of aromatic nitrogens is 1. The summed E-state index contributed by atoms with van der Waals surface area (Å²) in [4.78, 5) is 15.4. The normalized spacial score (nSPS) is 11.6. The fourth-order valence-electron chi connectivity index (χ4n) is 2.89. The van der Waals surface area contributed by atoms with E-state index in [1.54, 1.807) is 0 Å². The molecule has 0 amide bonds. The molecule has 3 aromatic rings. The molecule has 0 radical (unpaired) electrons. The molecule has 150 valence electrons. The number of halogens is 4. The molecule has 0 aliphatic heterocycles. The molecular formula is C20H14ClF3N2O2S. The van der Waals surface area contributed by atoms with Gasteiger partial charge in [-0.2, -0.15) is 18.4 Å². The first-order valence-electron chi connectivity index (χ1n) is 8.48. The summed E-state index contributed by atoms with van der Waals surface area (Å²) >= 11 is 7.16. The molecule has 3 rings (SSSR count). The number of nitrogens with one attached hydrogen (secondary N) is 1. The van der Waals surface area contributed by atoms with Gasteiger partial charge in [-0.15, -0.1) is 11.8 Å². The van der Waals surface area contributed by atoms with Crippen molar-refractivity contribution in [3.05, 3.63) is 57.3 Å². The van der Waals surface area contributed by atoms with Crippen LogP contribution in [0.3, 0.4) is 0 Å². The lowest BCUT2D eigenvalue weighted by atomic mass is 9.98. The number of aromatic amines is 1. The Morgan fingerprint density at radius 2 is 1.97 bits per heavy atom. The summed E-state index contributed by atoms with van der Waals surface area (Å²) in [5, 5.41) is 19.4. The van der Waals surface area contributed by atoms with Crippen LogP contribution in [0.15, 0.2) is 46.1 Å². The Morgan fingerprint density at radius 3 is 2.66 bits per heavy atom. The molecule has 29 heavy (non-hydrogen) atoms. The van der Waals surface area contributed by atoms with Gasteiger partial charge in [0.2, 0.25) is 0 Å². The van der Waals surface area contributed by atoms with Crippen molar-refractivity contribution in [3.8, 4) is 22.9 Å². The van der Waals surface area contributed by atoms with Crippen LogP contribution in [0.4, 0.5) is 13.2 Å². The molecule has 1 heterocycles. The number of benzene rings is 2. The molecule has 0 saturated carbocycles. The van der Waals surface area contributed by atoms with Gasteiger partial charge in [-0.05, 0) is 48.6 Å². The zero-order valence-corrected chi connectivity index (χ0v) is 16.4. The number of pyridine rings is 1. The van der Waals surface area contributed by atoms with Crippen LogP contribution < -0.4 is 5.56 Å². The summed E-state index contributed by atoms with van der Waals surface area (Å²) in [6.07, 6.45) is -3.78. The Hall–Kier alpha value is -2.63. The van der Waals surface area contributed by atoms with E-state index < -0.39 is 17.3 Å². The predicted molar refractivity (Wildman–Crippen MR) is 107 cm³/mol. The number of hydrogen-bond donors (Lipinski definition) is 2. The minimum atomic E-state index is -4.57. The fourth-order valence-corrected chi connectivity index (χ4v) is 4.10. The molecule has 0 saturated heterocycles. The van der Waals surface area contributed by atoms with E-state index >= 15 is 0 Å². The first-order valence-corrected chi connectivity index (χ1v) is 9.84. The van der Waals surface area contributed by atoms with Crippen LogP contribution in [0.5, 0.6) is 5.75 Å². The summed E-state index contributed by atoms with van der Waals surface area (Å²) in [5.74, 6) is 0.202. The van der Waals surface area contributed by atoms with Crippen LogP contribution in [-0.2, 0) is 6.18 Å². The average Bonchev–Trinajstić information content (AvgIpc) is 2.66. The van der Waals surface area contributed by atoms with Crippen molar-refractivity contribution in [2.75, 3.05) is 5.75 Å². The summed E-state index contributed by atoms with van der Waals surface area (Å²) in [5.41, 5.74) is -0.819. The van der Waals surface area contributed by atoms with Gasteiger partial charge in [0, 0.05) is 33.5 Å². The van der Waals surface area contributed by atoms with Crippen molar-refractivity contribution < 1.29 is 18.3 Å². The van der Waals surface area contributed by atoms with Gasteiger partial charge in [-0.3, -0.25) is 4.79 Å². The molecule has 0 aliphatic carbocycles. The number of nitrogens with zero attached hydrogens (tertiary/aromatic N) is 1. The van der Waals surface area contributed by atoms with Gasteiger partial charge in [0.25, 0.3) is 5.56 Å². The standard InChI is InChI=1S/C20H14ClF3N2O2S/c21-12-4-6-16(27)14(10-12)17-13-9-11(20(22,23)24)3-5-15(13)26-19(28)18(17)29-8-2-1-7-25/h3-6,9-10,27H,1-2,8H2,(H,26,28). The maximum Gasteiger partial charge on any atom is 0.416 e. The minimum absolute atomic E-state index is 0.139. The van der Waals surface area contributed by atoms with Crippen molar-refractivity contribution in [1.29, 1.82) is 5.26 Å². The van der Waals surface area contributed by atoms with E-state index in [1.165, 1.54) is 24.3 Å². The molecule has 0 bridgehead atoms. The van der Waals surface area contributed by atoms with Gasteiger partial charge in [-0.1, -0.05) is 11.6 Å². The highest BCUT2D eigenvalue weighted by Crippen LogP contribution is 2.42. The zero-order valence-electron chi connectivity index (χ0n) is 14.8.